The van der Waals surface area contributed by atoms with Crippen LogP contribution in [0.5, 0.6) is 0 Å². The summed E-state index contributed by atoms with van der Waals surface area (Å²) < 4.78 is 60.4. The largest absolute Gasteiger partial charge is 0.472 e. The molecule has 0 heterocycles. The summed E-state index contributed by atoms with van der Waals surface area (Å²) in [7, 11) is -9.72. The summed E-state index contributed by atoms with van der Waals surface area (Å²) in [6.45, 7) is 2.62. The molecule has 0 saturated carbocycles. The van der Waals surface area contributed by atoms with Gasteiger partial charge < -0.3 is 34.2 Å². The minimum Gasteiger partial charge on any atom is -0.463 e. The van der Waals surface area contributed by atoms with Crippen molar-refractivity contribution in [2.24, 2.45) is 0 Å². The van der Waals surface area contributed by atoms with E-state index in [1.165, 1.54) is 109 Å². The van der Waals surface area contributed by atoms with Gasteiger partial charge in [0.1, 0.15) is 25.4 Å². The summed E-state index contributed by atoms with van der Waals surface area (Å²) in [5.41, 5.74) is 0. The molecule has 0 aromatic rings. The lowest BCUT2D eigenvalue weighted by molar-refractivity contribution is -0.161. The van der Waals surface area contributed by atoms with Gasteiger partial charge in [-0.1, -0.05) is 200 Å². The lowest BCUT2D eigenvalue weighted by Crippen LogP contribution is -2.30. The summed E-state index contributed by atoms with van der Waals surface area (Å²) in [6, 6.07) is 0. The van der Waals surface area contributed by atoms with Gasteiger partial charge in [-0.2, -0.15) is 0 Å². The van der Waals surface area contributed by atoms with E-state index < -0.39 is 91.5 Å². The second kappa shape index (κ2) is 49.2. The molecular formula is C53H102O16P2. The molecule has 4 N–H and O–H groups in total. The van der Waals surface area contributed by atoms with Gasteiger partial charge in [-0.15, -0.1) is 0 Å². The van der Waals surface area contributed by atoms with Crippen LogP contribution in [-0.2, 0) is 55.8 Å². The number of carbonyl (C=O) groups is 3. The minimum absolute atomic E-state index is 0.114. The lowest BCUT2D eigenvalue weighted by Gasteiger charge is -2.21. The van der Waals surface area contributed by atoms with Crippen LogP contribution in [0, 0.1) is 0 Å². The zero-order chi connectivity index (χ0) is 52.5. The quantitative estimate of drug-likeness (QED) is 0.0146. The van der Waals surface area contributed by atoms with E-state index in [2.05, 4.69) is 32.9 Å². The molecule has 0 spiro atoms. The van der Waals surface area contributed by atoms with E-state index in [1.54, 1.807) is 0 Å². The molecule has 5 unspecified atom stereocenters. The first-order valence-electron chi connectivity index (χ1n) is 28.0. The van der Waals surface area contributed by atoms with Crippen LogP contribution < -0.4 is 0 Å². The first-order chi connectivity index (χ1) is 34.2. The lowest BCUT2D eigenvalue weighted by atomic mass is 10.1. The Balaban J connectivity index is 4.65. The number of ether oxygens (including phenoxy) is 3. The summed E-state index contributed by atoms with van der Waals surface area (Å²) in [4.78, 5) is 57.8. The summed E-state index contributed by atoms with van der Waals surface area (Å²) in [6.07, 6.45) is 37.3. The molecule has 16 nitrogen and oxygen atoms in total. The highest BCUT2D eigenvalue weighted by molar-refractivity contribution is 7.47. The van der Waals surface area contributed by atoms with Gasteiger partial charge in [-0.05, 0) is 44.9 Å². The molecule has 71 heavy (non-hydrogen) atoms. The molecule has 0 aromatic carbocycles. The molecule has 420 valence electrons. The maximum atomic E-state index is 12.8. The Morgan fingerprint density at radius 1 is 0.380 bits per heavy atom. The third kappa shape index (κ3) is 50.2. The molecule has 0 amide bonds. The van der Waals surface area contributed by atoms with Crippen molar-refractivity contribution in [2.75, 3.05) is 39.6 Å². The number of allylic oxidation sites excluding steroid dienone is 2. The minimum atomic E-state index is -4.89. The van der Waals surface area contributed by atoms with E-state index in [1.807, 2.05) is 0 Å². The molecule has 0 radical (unpaired) electrons. The fourth-order valence-electron chi connectivity index (χ4n) is 7.62. The second-order valence-corrected chi connectivity index (χ2v) is 22.0. The Morgan fingerprint density at radius 3 is 1.04 bits per heavy atom. The molecular weight excluding hydrogens is 955 g/mol. The number of esters is 3. The molecule has 18 heteroatoms. The second-order valence-electron chi connectivity index (χ2n) is 19.1. The van der Waals surface area contributed by atoms with Crippen LogP contribution in [-0.4, -0.2) is 95.9 Å². The maximum Gasteiger partial charge on any atom is 0.472 e. The van der Waals surface area contributed by atoms with Crippen molar-refractivity contribution in [3.05, 3.63) is 12.2 Å². The highest BCUT2D eigenvalue weighted by Crippen LogP contribution is 2.45. The van der Waals surface area contributed by atoms with Crippen LogP contribution in [0.25, 0.3) is 0 Å². The van der Waals surface area contributed by atoms with Crippen molar-refractivity contribution in [3.8, 4) is 0 Å². The molecule has 0 saturated heterocycles. The van der Waals surface area contributed by atoms with E-state index in [0.717, 1.165) is 83.5 Å². The van der Waals surface area contributed by atoms with Crippen molar-refractivity contribution in [2.45, 2.75) is 270 Å². The third-order valence-corrected chi connectivity index (χ3v) is 13.9. The van der Waals surface area contributed by atoms with Crippen molar-refractivity contribution in [1.82, 2.24) is 0 Å². The molecule has 5 atom stereocenters. The molecule has 0 aliphatic heterocycles. The molecule has 0 aliphatic rings. The highest BCUT2D eigenvalue weighted by Gasteiger charge is 2.29. The van der Waals surface area contributed by atoms with Gasteiger partial charge in [0, 0.05) is 19.3 Å². The van der Waals surface area contributed by atoms with Crippen LogP contribution in [0.2, 0.25) is 0 Å². The fourth-order valence-corrected chi connectivity index (χ4v) is 9.21. The van der Waals surface area contributed by atoms with E-state index in [-0.39, 0.29) is 19.3 Å². The van der Waals surface area contributed by atoms with Gasteiger partial charge in [0.05, 0.1) is 26.4 Å². The van der Waals surface area contributed by atoms with E-state index in [0.29, 0.717) is 19.3 Å². The Bertz CT molecular complexity index is 1380. The van der Waals surface area contributed by atoms with Crippen molar-refractivity contribution in [3.63, 3.8) is 0 Å². The average molecular weight is 1060 g/mol. The summed E-state index contributed by atoms with van der Waals surface area (Å²) in [5, 5.41) is 20.4. The molecule has 0 fully saturated rings. The Labute approximate surface area is 430 Å². The van der Waals surface area contributed by atoms with Crippen molar-refractivity contribution in [1.29, 1.82) is 0 Å². The van der Waals surface area contributed by atoms with Crippen LogP contribution in [0.4, 0.5) is 0 Å². The Kier molecular flexibility index (Phi) is 48.0. The van der Waals surface area contributed by atoms with Crippen molar-refractivity contribution >= 4 is 33.6 Å². The topological polar surface area (TPSA) is 231 Å². The zero-order valence-electron chi connectivity index (χ0n) is 44.7. The average Bonchev–Trinajstić information content (AvgIpc) is 3.34. The molecule has 0 rings (SSSR count). The van der Waals surface area contributed by atoms with Crippen LogP contribution in [0.15, 0.2) is 12.2 Å². The van der Waals surface area contributed by atoms with Crippen LogP contribution in [0.3, 0.4) is 0 Å². The maximum absolute atomic E-state index is 12.8. The normalized spacial score (nSPS) is 14.7. The van der Waals surface area contributed by atoms with Crippen LogP contribution in [0.1, 0.15) is 252 Å². The van der Waals surface area contributed by atoms with Gasteiger partial charge in [-0.25, -0.2) is 9.13 Å². The molecule has 0 bridgehead atoms. The van der Waals surface area contributed by atoms with Crippen LogP contribution >= 0.6 is 15.6 Å². The Morgan fingerprint density at radius 2 is 0.662 bits per heavy atom. The predicted octanol–water partition coefficient (Wildman–Crippen LogP) is 13.6. The van der Waals surface area contributed by atoms with Gasteiger partial charge >= 0.3 is 33.6 Å². The predicted molar refractivity (Wildman–Crippen MR) is 280 cm³/mol. The number of hydrogen-bond acceptors (Lipinski definition) is 14. The van der Waals surface area contributed by atoms with Gasteiger partial charge in [0.15, 0.2) is 6.10 Å². The van der Waals surface area contributed by atoms with E-state index in [4.69, 9.17) is 32.3 Å². The number of aliphatic hydroxyl groups excluding tert-OH is 2. The summed E-state index contributed by atoms with van der Waals surface area (Å²) >= 11 is 0. The number of phosphoric ester groups is 2. The number of unbranched alkanes of at least 4 members (excludes halogenated alkanes) is 29. The van der Waals surface area contributed by atoms with E-state index >= 15 is 0 Å². The number of aliphatic hydroxyl groups is 2. The highest BCUT2D eigenvalue weighted by atomic mass is 31.2. The standard InChI is InChI=1S/C53H102O16P2/c1-4-7-10-13-16-19-22-23-26-28-30-33-36-39-51(56)63-42-48(54)43-65-70(59,60)66-44-49(55)45-67-71(61,62)68-47-50(69-53(58)41-38-35-32-29-25-21-18-15-12-9-6-3)46-64-52(57)40-37-34-31-27-24-20-17-14-11-8-5-2/h19,22,48-50,54-55H,4-18,20-21,23-47H2,1-3H3,(H,59,60)(H,61,62)/b22-19-. The fraction of sp³-hybridized carbons (Fsp3) is 0.906. The van der Waals surface area contributed by atoms with E-state index in [9.17, 15) is 43.5 Å². The van der Waals surface area contributed by atoms with Gasteiger partial charge in [0.25, 0.3) is 0 Å². The molecule has 0 aliphatic carbocycles. The SMILES string of the molecule is CCCCCC/C=C\CCCCCCCC(=O)OCC(O)COP(=O)(O)OCC(O)COP(=O)(O)OCC(COC(=O)CCCCCCCCCCCCC)OC(=O)CCCCCCCCCCCCC. The number of hydrogen-bond donors (Lipinski definition) is 4. The summed E-state index contributed by atoms with van der Waals surface area (Å²) in [5.74, 6) is -1.57. The third-order valence-electron chi connectivity index (χ3n) is 12.0. The monoisotopic (exact) mass is 1060 g/mol. The molecule has 0 aromatic heterocycles. The number of rotatable bonds is 54. The first kappa shape index (κ1) is 69.3. The number of phosphoric acid groups is 2. The van der Waals surface area contributed by atoms with Gasteiger partial charge in [0.2, 0.25) is 0 Å². The van der Waals surface area contributed by atoms with Crippen molar-refractivity contribution < 1.29 is 75.8 Å². The Hall–Kier alpha value is -1.71. The zero-order valence-corrected chi connectivity index (χ0v) is 46.5. The first-order valence-corrected chi connectivity index (χ1v) is 31.0. The number of carbonyl (C=O) groups excluding carboxylic acids is 3. The van der Waals surface area contributed by atoms with Gasteiger partial charge in [-0.3, -0.25) is 32.5 Å². The smallest absolute Gasteiger partial charge is 0.463 e.